The van der Waals surface area contributed by atoms with Gasteiger partial charge in [-0.1, -0.05) is 6.92 Å². The predicted molar refractivity (Wildman–Crippen MR) is 50.7 cm³/mol. The van der Waals surface area contributed by atoms with Gasteiger partial charge in [0.15, 0.2) is 0 Å². The molecule has 1 heterocycles. The van der Waals surface area contributed by atoms with E-state index in [2.05, 4.69) is 0 Å². The van der Waals surface area contributed by atoms with Gasteiger partial charge in [0.05, 0.1) is 6.54 Å². The van der Waals surface area contributed by atoms with E-state index in [1.807, 2.05) is 0 Å². The lowest BCUT2D eigenvalue weighted by molar-refractivity contribution is -0.141. The summed E-state index contributed by atoms with van der Waals surface area (Å²) in [5.74, 6) is -3.10. The summed E-state index contributed by atoms with van der Waals surface area (Å²) in [6.45, 7) is 1.68. The van der Waals surface area contributed by atoms with Crippen molar-refractivity contribution >= 4 is 17.5 Å². The van der Waals surface area contributed by atoms with Crippen LogP contribution in [-0.4, -0.2) is 35.2 Å². The number of hydrogen-bond donors (Lipinski definition) is 0. The second-order valence-corrected chi connectivity index (χ2v) is 4.12. The van der Waals surface area contributed by atoms with E-state index in [1.54, 1.807) is 6.92 Å². The molecule has 0 N–H and O–H groups in total. The van der Waals surface area contributed by atoms with Gasteiger partial charge < -0.3 is 4.90 Å². The van der Waals surface area contributed by atoms with Crippen LogP contribution in [0.25, 0.3) is 0 Å². The highest BCUT2D eigenvalue weighted by Crippen LogP contribution is 2.27. The molecule has 5 heteroatoms. The summed E-state index contributed by atoms with van der Waals surface area (Å²) in [7, 11) is 0. The van der Waals surface area contributed by atoms with E-state index in [1.165, 1.54) is 4.90 Å². The van der Waals surface area contributed by atoms with E-state index in [-0.39, 0.29) is 12.3 Å². The predicted octanol–water partition coefficient (Wildman–Crippen LogP) is 2.26. The van der Waals surface area contributed by atoms with Crippen LogP contribution in [0.2, 0.25) is 0 Å². The summed E-state index contributed by atoms with van der Waals surface area (Å²) in [4.78, 5) is 12.6. The Labute approximate surface area is 87.2 Å². The lowest BCUT2D eigenvalue weighted by Crippen LogP contribution is -2.48. The first-order chi connectivity index (χ1) is 6.46. The smallest absolute Gasteiger partial charge is 0.265 e. The molecule has 82 valence electrons. The van der Waals surface area contributed by atoms with Crippen molar-refractivity contribution in [2.24, 2.45) is 0 Å². The number of rotatable bonds is 2. The minimum atomic E-state index is -2.74. The first-order valence-electron chi connectivity index (χ1n) is 4.77. The molecule has 0 saturated carbocycles. The lowest BCUT2D eigenvalue weighted by atomic mass is 10.1. The summed E-state index contributed by atoms with van der Waals surface area (Å²) in [6, 6.07) is 0. The molecule has 0 aromatic carbocycles. The van der Waals surface area contributed by atoms with Gasteiger partial charge in [0.2, 0.25) is 5.91 Å². The van der Waals surface area contributed by atoms with Crippen molar-refractivity contribution in [3.8, 4) is 0 Å². The van der Waals surface area contributed by atoms with Crippen LogP contribution >= 0.6 is 11.6 Å². The molecule has 1 aliphatic rings. The number of carbonyl (C=O) groups is 1. The Balaban J connectivity index is 2.56. The van der Waals surface area contributed by atoms with Gasteiger partial charge >= 0.3 is 0 Å². The molecule has 0 unspecified atom stereocenters. The van der Waals surface area contributed by atoms with Crippen molar-refractivity contribution in [2.45, 2.75) is 37.5 Å². The van der Waals surface area contributed by atoms with Crippen molar-refractivity contribution in [2.75, 3.05) is 13.1 Å². The topological polar surface area (TPSA) is 20.3 Å². The molecule has 1 rings (SSSR count). The number of likely N-dealkylation sites (tertiary alicyclic amines) is 1. The van der Waals surface area contributed by atoms with Crippen molar-refractivity contribution in [1.29, 1.82) is 0 Å². The largest absolute Gasteiger partial charge is 0.335 e. The summed E-state index contributed by atoms with van der Waals surface area (Å²) in [5.41, 5.74) is 0. The minimum Gasteiger partial charge on any atom is -0.335 e. The zero-order chi connectivity index (χ0) is 10.8. The number of hydrogen-bond acceptors (Lipinski definition) is 1. The Morgan fingerprint density at radius 2 is 2.29 bits per heavy atom. The number of alkyl halides is 3. The molecule has 1 fully saturated rings. The van der Waals surface area contributed by atoms with Gasteiger partial charge in [-0.3, -0.25) is 4.79 Å². The van der Waals surface area contributed by atoms with Crippen LogP contribution in [0.3, 0.4) is 0 Å². The van der Waals surface area contributed by atoms with E-state index in [4.69, 9.17) is 11.6 Å². The van der Waals surface area contributed by atoms with Gasteiger partial charge in [0.25, 0.3) is 5.92 Å². The first-order valence-corrected chi connectivity index (χ1v) is 5.20. The summed E-state index contributed by atoms with van der Waals surface area (Å²) >= 11 is 5.71. The molecule has 0 aliphatic carbocycles. The minimum absolute atomic E-state index is 0.129. The molecule has 14 heavy (non-hydrogen) atoms. The number of carbonyl (C=O) groups excluding carboxylic acids is 1. The SMILES string of the molecule is CC[C@@H](Cl)C(=O)N1CCCC(F)(F)C1. The standard InChI is InChI=1S/C9H14ClF2NO/c1-2-7(10)8(14)13-5-3-4-9(11,12)6-13/h7H,2-6H2,1H3/t7-/m1/s1. The molecular formula is C9H14ClF2NO. The van der Waals surface area contributed by atoms with E-state index in [0.29, 0.717) is 19.4 Å². The fourth-order valence-electron chi connectivity index (χ4n) is 1.53. The molecule has 1 aliphatic heterocycles. The van der Waals surface area contributed by atoms with Crippen molar-refractivity contribution in [1.82, 2.24) is 4.90 Å². The van der Waals surface area contributed by atoms with Gasteiger partial charge in [-0.25, -0.2) is 8.78 Å². The van der Waals surface area contributed by atoms with Crippen LogP contribution < -0.4 is 0 Å². The Bertz CT molecular complexity index is 223. The first kappa shape index (κ1) is 11.7. The highest BCUT2D eigenvalue weighted by atomic mass is 35.5. The molecule has 2 nitrogen and oxygen atoms in total. The average Bonchev–Trinajstić information content (AvgIpc) is 2.14. The Hall–Kier alpha value is -0.380. The highest BCUT2D eigenvalue weighted by molar-refractivity contribution is 6.30. The van der Waals surface area contributed by atoms with E-state index >= 15 is 0 Å². The molecule has 0 spiro atoms. The van der Waals surface area contributed by atoms with Crippen LogP contribution in [0, 0.1) is 0 Å². The number of halogens is 3. The van der Waals surface area contributed by atoms with Crippen LogP contribution in [0.5, 0.6) is 0 Å². The molecule has 0 bridgehead atoms. The van der Waals surface area contributed by atoms with Crippen LogP contribution in [0.15, 0.2) is 0 Å². The fraction of sp³-hybridized carbons (Fsp3) is 0.889. The molecule has 0 radical (unpaired) electrons. The van der Waals surface area contributed by atoms with Crippen molar-refractivity contribution < 1.29 is 13.6 Å². The van der Waals surface area contributed by atoms with E-state index in [9.17, 15) is 13.6 Å². The summed E-state index contributed by atoms with van der Waals surface area (Å²) < 4.78 is 25.9. The van der Waals surface area contributed by atoms with E-state index < -0.39 is 17.8 Å². The maximum absolute atomic E-state index is 12.9. The molecule has 1 atom stereocenters. The van der Waals surface area contributed by atoms with Gasteiger partial charge in [-0.05, 0) is 12.8 Å². The number of nitrogens with zero attached hydrogens (tertiary/aromatic N) is 1. The van der Waals surface area contributed by atoms with Gasteiger partial charge in [0.1, 0.15) is 5.38 Å². The third-order valence-corrected chi connectivity index (χ3v) is 2.83. The average molecular weight is 226 g/mol. The monoisotopic (exact) mass is 225 g/mol. The quantitative estimate of drug-likeness (QED) is 0.661. The molecular weight excluding hydrogens is 212 g/mol. The van der Waals surface area contributed by atoms with Crippen LogP contribution in [0.1, 0.15) is 26.2 Å². The third-order valence-electron chi connectivity index (χ3n) is 2.33. The van der Waals surface area contributed by atoms with Crippen molar-refractivity contribution in [3.05, 3.63) is 0 Å². The zero-order valence-electron chi connectivity index (χ0n) is 8.10. The fourth-order valence-corrected chi connectivity index (χ4v) is 1.66. The van der Waals surface area contributed by atoms with Crippen LogP contribution in [0.4, 0.5) is 8.78 Å². The third kappa shape index (κ3) is 2.80. The van der Waals surface area contributed by atoms with Gasteiger partial charge in [-0.2, -0.15) is 0 Å². The second kappa shape index (κ2) is 4.43. The second-order valence-electron chi connectivity index (χ2n) is 3.60. The molecule has 1 amide bonds. The van der Waals surface area contributed by atoms with Crippen molar-refractivity contribution in [3.63, 3.8) is 0 Å². The zero-order valence-corrected chi connectivity index (χ0v) is 8.86. The Morgan fingerprint density at radius 1 is 1.64 bits per heavy atom. The van der Waals surface area contributed by atoms with Crippen LogP contribution in [-0.2, 0) is 4.79 Å². The summed E-state index contributed by atoms with van der Waals surface area (Å²) in [6.07, 6.45) is 0.699. The highest BCUT2D eigenvalue weighted by Gasteiger charge is 2.38. The number of amides is 1. The van der Waals surface area contributed by atoms with Gasteiger partial charge in [-0.15, -0.1) is 11.6 Å². The van der Waals surface area contributed by atoms with E-state index in [0.717, 1.165) is 0 Å². The normalized spacial score (nSPS) is 23.3. The molecule has 0 aromatic heterocycles. The number of piperidine rings is 1. The van der Waals surface area contributed by atoms with Gasteiger partial charge in [0, 0.05) is 13.0 Å². The molecule has 0 aromatic rings. The Morgan fingerprint density at radius 3 is 2.79 bits per heavy atom. The maximum atomic E-state index is 12.9. The maximum Gasteiger partial charge on any atom is 0.265 e. The summed E-state index contributed by atoms with van der Waals surface area (Å²) in [5, 5.41) is -0.663. The lowest BCUT2D eigenvalue weighted by Gasteiger charge is -2.33. The Kier molecular flexibility index (Phi) is 3.70. The molecule has 1 saturated heterocycles.